The summed E-state index contributed by atoms with van der Waals surface area (Å²) in [5, 5.41) is 18.1. The maximum Gasteiger partial charge on any atom is 0.326 e. The van der Waals surface area contributed by atoms with E-state index in [9.17, 15) is 9.59 Å². The molecule has 1 aliphatic rings. The Morgan fingerprint density at radius 1 is 1.39 bits per heavy atom. The molecule has 0 aliphatic carbocycles. The highest BCUT2D eigenvalue weighted by Crippen LogP contribution is 2.18. The first-order valence-corrected chi connectivity index (χ1v) is 6.36. The van der Waals surface area contributed by atoms with Gasteiger partial charge in [-0.05, 0) is 25.2 Å². The van der Waals surface area contributed by atoms with Crippen molar-refractivity contribution in [2.45, 2.75) is 32.2 Å². The van der Waals surface area contributed by atoms with Gasteiger partial charge in [-0.2, -0.15) is 0 Å². The van der Waals surface area contributed by atoms with Gasteiger partial charge in [-0.25, -0.2) is 9.59 Å². The van der Waals surface area contributed by atoms with E-state index in [0.717, 1.165) is 12.8 Å². The van der Waals surface area contributed by atoms with Crippen LogP contribution >= 0.6 is 0 Å². The third-order valence-corrected chi connectivity index (χ3v) is 3.58. The van der Waals surface area contributed by atoms with Crippen molar-refractivity contribution in [3.8, 4) is 0 Å². The van der Waals surface area contributed by atoms with Crippen molar-refractivity contribution >= 4 is 12.0 Å². The van der Waals surface area contributed by atoms with E-state index in [1.165, 1.54) is 11.9 Å². The third-order valence-electron chi connectivity index (χ3n) is 3.58. The van der Waals surface area contributed by atoms with Gasteiger partial charge in [-0.1, -0.05) is 6.92 Å². The molecule has 1 rings (SSSR count). The van der Waals surface area contributed by atoms with Crippen LogP contribution in [-0.4, -0.2) is 64.8 Å². The highest BCUT2D eigenvalue weighted by atomic mass is 16.4. The lowest BCUT2D eigenvalue weighted by Gasteiger charge is -2.35. The summed E-state index contributed by atoms with van der Waals surface area (Å²) in [7, 11) is 1.53. The molecule has 0 radical (unpaired) electrons. The van der Waals surface area contributed by atoms with Gasteiger partial charge in [0.1, 0.15) is 6.04 Å². The summed E-state index contributed by atoms with van der Waals surface area (Å²) in [5.41, 5.74) is 0. The number of carboxylic acids is 1. The van der Waals surface area contributed by atoms with Gasteiger partial charge < -0.3 is 20.0 Å². The van der Waals surface area contributed by atoms with Crippen LogP contribution in [0.4, 0.5) is 4.79 Å². The fraction of sp³-hybridized carbons (Fsp3) is 0.833. The molecule has 1 heterocycles. The lowest BCUT2D eigenvalue weighted by Crippen LogP contribution is -2.51. The zero-order valence-corrected chi connectivity index (χ0v) is 11.0. The van der Waals surface area contributed by atoms with E-state index >= 15 is 0 Å². The number of carboxylic acid groups (broad SMARTS) is 1. The standard InChI is InChI=1S/C12H22N2O4/c1-3-10(11(16)17)13(2)12(18)14-6-4-9(8-15)5-7-14/h9-10,15H,3-8H2,1-2H3,(H,16,17). The minimum Gasteiger partial charge on any atom is -0.480 e. The highest BCUT2D eigenvalue weighted by Gasteiger charge is 2.30. The first kappa shape index (κ1) is 14.8. The van der Waals surface area contributed by atoms with Crippen LogP contribution in [0.5, 0.6) is 0 Å². The molecule has 104 valence electrons. The van der Waals surface area contributed by atoms with Gasteiger partial charge in [0.25, 0.3) is 0 Å². The smallest absolute Gasteiger partial charge is 0.326 e. The molecule has 6 heteroatoms. The number of rotatable bonds is 4. The molecule has 0 aromatic rings. The zero-order valence-electron chi connectivity index (χ0n) is 11.0. The summed E-state index contributed by atoms with van der Waals surface area (Å²) in [5.74, 6) is -0.709. The van der Waals surface area contributed by atoms with Crippen molar-refractivity contribution in [3.05, 3.63) is 0 Å². The third kappa shape index (κ3) is 3.35. The Balaban J connectivity index is 2.56. The molecule has 1 unspecified atom stereocenters. The number of nitrogens with zero attached hydrogens (tertiary/aromatic N) is 2. The van der Waals surface area contributed by atoms with Crippen molar-refractivity contribution in [1.29, 1.82) is 0 Å². The lowest BCUT2D eigenvalue weighted by molar-refractivity contribution is -0.142. The molecule has 1 fully saturated rings. The first-order valence-electron chi connectivity index (χ1n) is 6.36. The van der Waals surface area contributed by atoms with E-state index in [2.05, 4.69) is 0 Å². The molecule has 1 saturated heterocycles. The second-order valence-electron chi connectivity index (χ2n) is 4.77. The first-order chi connectivity index (χ1) is 8.51. The SMILES string of the molecule is CCC(C(=O)O)N(C)C(=O)N1CCC(CO)CC1. The molecule has 0 spiro atoms. The fourth-order valence-electron chi connectivity index (χ4n) is 2.28. The van der Waals surface area contributed by atoms with Crippen LogP contribution in [0.15, 0.2) is 0 Å². The molecular formula is C12H22N2O4. The van der Waals surface area contributed by atoms with Gasteiger partial charge in [-0.15, -0.1) is 0 Å². The van der Waals surface area contributed by atoms with Crippen LogP contribution < -0.4 is 0 Å². The molecule has 0 aromatic carbocycles. The molecule has 2 N–H and O–H groups in total. The molecule has 1 aliphatic heterocycles. The average molecular weight is 258 g/mol. The topological polar surface area (TPSA) is 81.1 Å². The second-order valence-corrected chi connectivity index (χ2v) is 4.77. The summed E-state index contributed by atoms with van der Waals surface area (Å²) >= 11 is 0. The number of likely N-dealkylation sites (N-methyl/N-ethyl adjacent to an activating group) is 1. The maximum atomic E-state index is 12.1. The summed E-state index contributed by atoms with van der Waals surface area (Å²) < 4.78 is 0. The summed E-state index contributed by atoms with van der Waals surface area (Å²) in [6, 6.07) is -1.01. The number of carbonyl (C=O) groups excluding carboxylic acids is 1. The predicted molar refractivity (Wildman–Crippen MR) is 66.3 cm³/mol. The van der Waals surface area contributed by atoms with Crippen molar-refractivity contribution in [2.24, 2.45) is 5.92 Å². The second kappa shape index (κ2) is 6.58. The van der Waals surface area contributed by atoms with Gasteiger partial charge in [0.2, 0.25) is 0 Å². The number of hydrogen-bond acceptors (Lipinski definition) is 3. The van der Waals surface area contributed by atoms with Gasteiger partial charge in [-0.3, -0.25) is 0 Å². The van der Waals surface area contributed by atoms with Crippen LogP contribution in [0.25, 0.3) is 0 Å². The van der Waals surface area contributed by atoms with Gasteiger partial charge in [0, 0.05) is 26.7 Å². The Kier molecular flexibility index (Phi) is 5.40. The molecular weight excluding hydrogens is 236 g/mol. The average Bonchev–Trinajstić information content (AvgIpc) is 2.38. The fourth-order valence-corrected chi connectivity index (χ4v) is 2.28. The quantitative estimate of drug-likeness (QED) is 0.774. The number of amides is 2. The van der Waals surface area contributed by atoms with Crippen molar-refractivity contribution in [3.63, 3.8) is 0 Å². The van der Waals surface area contributed by atoms with Crippen LogP contribution in [0.3, 0.4) is 0 Å². The van der Waals surface area contributed by atoms with Crippen LogP contribution in [-0.2, 0) is 4.79 Å². The number of piperidine rings is 1. The molecule has 0 saturated carbocycles. The van der Waals surface area contributed by atoms with Crippen LogP contribution in [0, 0.1) is 5.92 Å². The molecule has 6 nitrogen and oxygen atoms in total. The largest absolute Gasteiger partial charge is 0.480 e. The van der Waals surface area contributed by atoms with E-state index < -0.39 is 12.0 Å². The maximum absolute atomic E-state index is 12.1. The van der Waals surface area contributed by atoms with Crippen molar-refractivity contribution < 1.29 is 19.8 Å². The predicted octanol–water partition coefficient (Wildman–Crippen LogP) is 0.606. The summed E-state index contributed by atoms with van der Waals surface area (Å²) in [6.45, 7) is 3.08. The van der Waals surface area contributed by atoms with E-state index in [-0.39, 0.29) is 18.6 Å². The Morgan fingerprint density at radius 3 is 2.33 bits per heavy atom. The van der Waals surface area contributed by atoms with Crippen molar-refractivity contribution in [2.75, 3.05) is 26.7 Å². The number of aliphatic carboxylic acids is 1. The molecule has 0 bridgehead atoms. The van der Waals surface area contributed by atoms with E-state index in [4.69, 9.17) is 10.2 Å². The molecule has 2 amide bonds. The normalized spacial score (nSPS) is 18.5. The monoisotopic (exact) mass is 258 g/mol. The van der Waals surface area contributed by atoms with Crippen molar-refractivity contribution in [1.82, 2.24) is 9.80 Å². The van der Waals surface area contributed by atoms with E-state index in [0.29, 0.717) is 19.5 Å². The minimum absolute atomic E-state index is 0.157. The Bertz CT molecular complexity index is 300. The minimum atomic E-state index is -0.974. The zero-order chi connectivity index (χ0) is 13.7. The van der Waals surface area contributed by atoms with Crippen LogP contribution in [0.2, 0.25) is 0 Å². The Labute approximate surface area is 107 Å². The van der Waals surface area contributed by atoms with Gasteiger partial charge in [0.05, 0.1) is 0 Å². The molecule has 1 atom stereocenters. The molecule has 18 heavy (non-hydrogen) atoms. The summed E-state index contributed by atoms with van der Waals surface area (Å²) in [6.07, 6.45) is 1.95. The highest BCUT2D eigenvalue weighted by molar-refractivity contribution is 5.82. The molecule has 0 aromatic heterocycles. The number of aliphatic hydroxyl groups excluding tert-OH is 1. The van der Waals surface area contributed by atoms with Gasteiger partial charge >= 0.3 is 12.0 Å². The number of hydrogen-bond donors (Lipinski definition) is 2. The van der Waals surface area contributed by atoms with E-state index in [1.54, 1.807) is 11.8 Å². The Morgan fingerprint density at radius 2 is 1.94 bits per heavy atom. The number of urea groups is 1. The van der Waals surface area contributed by atoms with Gasteiger partial charge in [0.15, 0.2) is 0 Å². The van der Waals surface area contributed by atoms with E-state index in [1.807, 2.05) is 0 Å². The summed E-state index contributed by atoms with van der Waals surface area (Å²) in [4.78, 5) is 26.1. The van der Waals surface area contributed by atoms with Crippen LogP contribution in [0.1, 0.15) is 26.2 Å². The lowest BCUT2D eigenvalue weighted by atomic mass is 9.98. The number of carbonyl (C=O) groups is 2. The Hall–Kier alpha value is -1.30. The number of aliphatic hydroxyl groups is 1. The number of likely N-dealkylation sites (tertiary alicyclic amines) is 1.